The second-order valence-corrected chi connectivity index (χ2v) is 3.65. The van der Waals surface area contributed by atoms with Crippen LogP contribution >= 0.6 is 15.9 Å². The average Bonchev–Trinajstić information content (AvgIpc) is 2.19. The summed E-state index contributed by atoms with van der Waals surface area (Å²) < 4.78 is 0.487. The van der Waals surface area contributed by atoms with Crippen molar-refractivity contribution in [2.45, 2.75) is 6.42 Å². The van der Waals surface area contributed by atoms with Gasteiger partial charge in [-0.15, -0.1) is 0 Å². The fraction of sp³-hybridized carbons (Fsp3) is 0.100. The minimum absolute atomic E-state index is 0.134. The van der Waals surface area contributed by atoms with Crippen LogP contribution in [0.1, 0.15) is 21.5 Å². The van der Waals surface area contributed by atoms with Crippen molar-refractivity contribution in [2.24, 2.45) is 0 Å². The molecule has 1 aromatic carbocycles. The SMILES string of the molecule is N#Cc1c(Br)ccc(CC(=O)O)c1C=O. The molecule has 1 rings (SSSR count). The van der Waals surface area contributed by atoms with Gasteiger partial charge < -0.3 is 5.11 Å². The minimum atomic E-state index is -1.04. The highest BCUT2D eigenvalue weighted by Crippen LogP contribution is 2.22. The smallest absolute Gasteiger partial charge is 0.307 e. The molecule has 0 saturated heterocycles. The summed E-state index contributed by atoms with van der Waals surface area (Å²) in [7, 11) is 0. The molecule has 0 bridgehead atoms. The number of nitriles is 1. The van der Waals surface area contributed by atoms with E-state index in [1.165, 1.54) is 6.07 Å². The number of nitrogens with zero attached hydrogens (tertiary/aromatic N) is 1. The van der Waals surface area contributed by atoms with Crippen LogP contribution in [0.25, 0.3) is 0 Å². The first-order valence-corrected chi connectivity index (χ1v) is 4.78. The van der Waals surface area contributed by atoms with Crippen molar-refractivity contribution in [3.63, 3.8) is 0 Å². The quantitative estimate of drug-likeness (QED) is 0.847. The van der Waals surface area contributed by atoms with E-state index in [0.717, 1.165) is 0 Å². The largest absolute Gasteiger partial charge is 0.481 e. The van der Waals surface area contributed by atoms with Gasteiger partial charge in [-0.05, 0) is 27.6 Å². The monoisotopic (exact) mass is 267 g/mol. The van der Waals surface area contributed by atoms with Crippen molar-refractivity contribution in [3.8, 4) is 6.07 Å². The lowest BCUT2D eigenvalue weighted by Crippen LogP contribution is -2.05. The number of hydrogen-bond donors (Lipinski definition) is 1. The van der Waals surface area contributed by atoms with Crippen molar-refractivity contribution < 1.29 is 14.7 Å². The van der Waals surface area contributed by atoms with Crippen LogP contribution in [-0.4, -0.2) is 17.4 Å². The highest BCUT2D eigenvalue weighted by atomic mass is 79.9. The average molecular weight is 268 g/mol. The summed E-state index contributed by atoms with van der Waals surface area (Å²) in [5.74, 6) is -1.04. The van der Waals surface area contributed by atoms with Crippen LogP contribution < -0.4 is 0 Å². The van der Waals surface area contributed by atoms with Gasteiger partial charge in [-0.25, -0.2) is 0 Å². The van der Waals surface area contributed by atoms with Crippen LogP contribution in [0.5, 0.6) is 0 Å². The van der Waals surface area contributed by atoms with Crippen LogP contribution in [0, 0.1) is 11.3 Å². The van der Waals surface area contributed by atoms with Crippen LogP contribution in [0.15, 0.2) is 16.6 Å². The normalized spacial score (nSPS) is 9.33. The lowest BCUT2D eigenvalue weighted by atomic mass is 10.0. The number of carbonyl (C=O) groups excluding carboxylic acids is 1. The molecule has 0 aliphatic heterocycles. The maximum Gasteiger partial charge on any atom is 0.307 e. The van der Waals surface area contributed by atoms with E-state index in [0.29, 0.717) is 16.3 Å². The van der Waals surface area contributed by atoms with Crippen LogP contribution in [0.4, 0.5) is 0 Å². The lowest BCUT2D eigenvalue weighted by Gasteiger charge is -2.05. The van der Waals surface area contributed by atoms with Crippen molar-refractivity contribution in [3.05, 3.63) is 33.3 Å². The van der Waals surface area contributed by atoms with E-state index in [2.05, 4.69) is 15.9 Å². The van der Waals surface area contributed by atoms with Crippen molar-refractivity contribution in [1.29, 1.82) is 5.26 Å². The van der Waals surface area contributed by atoms with Gasteiger partial charge in [-0.2, -0.15) is 5.26 Å². The molecule has 0 aliphatic carbocycles. The van der Waals surface area contributed by atoms with Crippen LogP contribution in [0.3, 0.4) is 0 Å². The first-order valence-electron chi connectivity index (χ1n) is 3.98. The number of hydrogen-bond acceptors (Lipinski definition) is 3. The van der Waals surface area contributed by atoms with Gasteiger partial charge in [0, 0.05) is 10.0 Å². The van der Waals surface area contributed by atoms with E-state index in [9.17, 15) is 9.59 Å². The van der Waals surface area contributed by atoms with E-state index in [4.69, 9.17) is 10.4 Å². The van der Waals surface area contributed by atoms with Crippen LogP contribution in [0.2, 0.25) is 0 Å². The standard InChI is InChI=1S/C10H6BrNO3/c11-9-2-1-6(3-10(14)15)8(5-13)7(9)4-12/h1-2,5H,3H2,(H,14,15). The van der Waals surface area contributed by atoms with E-state index in [-0.39, 0.29) is 17.5 Å². The Labute approximate surface area is 94.3 Å². The highest BCUT2D eigenvalue weighted by molar-refractivity contribution is 9.10. The van der Waals surface area contributed by atoms with Gasteiger partial charge in [-0.1, -0.05) is 6.07 Å². The first-order chi connectivity index (χ1) is 7.10. The second kappa shape index (κ2) is 4.71. The maximum absolute atomic E-state index is 10.8. The number of aliphatic carboxylic acids is 1. The number of rotatable bonds is 3. The lowest BCUT2D eigenvalue weighted by molar-refractivity contribution is -0.136. The molecule has 0 saturated carbocycles. The molecule has 76 valence electrons. The molecular formula is C10H6BrNO3. The van der Waals surface area contributed by atoms with Gasteiger partial charge >= 0.3 is 5.97 Å². The second-order valence-electron chi connectivity index (χ2n) is 2.80. The summed E-state index contributed by atoms with van der Waals surface area (Å²) >= 11 is 3.12. The van der Waals surface area contributed by atoms with E-state index in [1.807, 2.05) is 6.07 Å². The van der Waals surface area contributed by atoms with Gasteiger partial charge in [0.25, 0.3) is 0 Å². The van der Waals surface area contributed by atoms with Crippen molar-refractivity contribution in [2.75, 3.05) is 0 Å². The number of benzene rings is 1. The predicted molar refractivity (Wildman–Crippen MR) is 55.6 cm³/mol. The molecule has 0 atom stereocenters. The van der Waals surface area contributed by atoms with Crippen molar-refractivity contribution in [1.82, 2.24) is 0 Å². The van der Waals surface area contributed by atoms with Gasteiger partial charge in [0.15, 0.2) is 6.29 Å². The fourth-order valence-electron chi connectivity index (χ4n) is 1.20. The Hall–Kier alpha value is -1.67. The molecule has 0 fully saturated rings. The molecule has 0 radical (unpaired) electrons. The topological polar surface area (TPSA) is 78.2 Å². The highest BCUT2D eigenvalue weighted by Gasteiger charge is 2.13. The molecule has 0 aliphatic rings. The number of carbonyl (C=O) groups is 2. The zero-order chi connectivity index (χ0) is 11.4. The zero-order valence-corrected chi connectivity index (χ0v) is 9.11. The molecule has 15 heavy (non-hydrogen) atoms. The Bertz CT molecular complexity index is 462. The summed E-state index contributed by atoms with van der Waals surface area (Å²) in [5.41, 5.74) is 0.648. The Balaban J connectivity index is 3.36. The molecule has 0 spiro atoms. The predicted octanol–water partition coefficient (Wildman–Crippen LogP) is 1.76. The molecule has 1 N–H and O–H groups in total. The van der Waals surface area contributed by atoms with Crippen molar-refractivity contribution >= 4 is 28.2 Å². The van der Waals surface area contributed by atoms with E-state index >= 15 is 0 Å². The molecule has 4 nitrogen and oxygen atoms in total. The zero-order valence-electron chi connectivity index (χ0n) is 7.53. The minimum Gasteiger partial charge on any atom is -0.481 e. The Morgan fingerprint density at radius 1 is 1.60 bits per heavy atom. The third-order valence-electron chi connectivity index (χ3n) is 1.86. The number of carboxylic acids is 1. The molecule has 5 heteroatoms. The summed E-state index contributed by atoms with van der Waals surface area (Å²) in [6.07, 6.45) is 0.234. The molecular weight excluding hydrogens is 262 g/mol. The van der Waals surface area contributed by atoms with Gasteiger partial charge in [0.1, 0.15) is 6.07 Å². The maximum atomic E-state index is 10.8. The summed E-state index contributed by atoms with van der Waals surface area (Å²) in [6, 6.07) is 4.93. The molecule has 1 aromatic rings. The number of halogens is 1. The van der Waals surface area contributed by atoms with Crippen LogP contribution in [-0.2, 0) is 11.2 Å². The van der Waals surface area contributed by atoms with E-state index in [1.54, 1.807) is 6.07 Å². The Morgan fingerprint density at radius 3 is 2.73 bits per heavy atom. The molecule has 0 unspecified atom stereocenters. The van der Waals surface area contributed by atoms with Gasteiger partial charge in [0.2, 0.25) is 0 Å². The number of aldehydes is 1. The Kier molecular flexibility index (Phi) is 3.58. The summed E-state index contributed by atoms with van der Waals surface area (Å²) in [6.45, 7) is 0. The Morgan fingerprint density at radius 2 is 2.27 bits per heavy atom. The third kappa shape index (κ3) is 2.42. The number of carboxylic acid groups (broad SMARTS) is 1. The third-order valence-corrected chi connectivity index (χ3v) is 2.52. The fourth-order valence-corrected chi connectivity index (χ4v) is 1.64. The summed E-state index contributed by atoms with van der Waals surface area (Å²) in [4.78, 5) is 21.3. The molecule has 0 heterocycles. The summed E-state index contributed by atoms with van der Waals surface area (Å²) in [5, 5.41) is 17.4. The first kappa shape index (κ1) is 11.4. The van der Waals surface area contributed by atoms with Gasteiger partial charge in [0.05, 0.1) is 12.0 Å². The van der Waals surface area contributed by atoms with E-state index < -0.39 is 5.97 Å². The molecule has 0 amide bonds. The van der Waals surface area contributed by atoms with Gasteiger partial charge in [-0.3, -0.25) is 9.59 Å². The molecule has 0 aromatic heterocycles.